The van der Waals surface area contributed by atoms with Crippen LogP contribution in [0.2, 0.25) is 0 Å². The SMILES string of the molecule is CC(C)(O)c1cccc2c3ccccc3n(-c3ccc[nH]3)c12. The van der Waals surface area contributed by atoms with Crippen LogP contribution < -0.4 is 0 Å². The summed E-state index contributed by atoms with van der Waals surface area (Å²) in [4.78, 5) is 3.28. The number of nitrogens with one attached hydrogen (secondary N) is 1. The van der Waals surface area contributed by atoms with Crippen LogP contribution in [0.4, 0.5) is 0 Å². The number of aromatic amines is 1. The van der Waals surface area contributed by atoms with E-state index < -0.39 is 5.60 Å². The Hall–Kier alpha value is -2.52. The lowest BCUT2D eigenvalue weighted by atomic mass is 9.95. The summed E-state index contributed by atoms with van der Waals surface area (Å²) in [6.07, 6.45) is 1.92. The van der Waals surface area contributed by atoms with Gasteiger partial charge in [-0.2, -0.15) is 0 Å². The highest BCUT2D eigenvalue weighted by Crippen LogP contribution is 2.36. The fraction of sp³-hybridized carbons (Fsp3) is 0.158. The molecule has 2 heterocycles. The highest BCUT2D eigenvalue weighted by atomic mass is 16.3. The Balaban J connectivity index is 2.27. The predicted octanol–water partition coefficient (Wildman–Crippen LogP) is 4.34. The van der Waals surface area contributed by atoms with E-state index in [1.807, 2.05) is 50.4 Å². The zero-order valence-electron chi connectivity index (χ0n) is 12.7. The van der Waals surface area contributed by atoms with Crippen molar-refractivity contribution in [3.63, 3.8) is 0 Å². The van der Waals surface area contributed by atoms with Gasteiger partial charge in [-0.05, 0) is 32.0 Å². The maximum Gasteiger partial charge on any atom is 0.115 e. The number of benzene rings is 2. The summed E-state index contributed by atoms with van der Waals surface area (Å²) in [6.45, 7) is 3.66. The third kappa shape index (κ3) is 1.79. The molecule has 2 aromatic heterocycles. The molecule has 0 spiro atoms. The van der Waals surface area contributed by atoms with Gasteiger partial charge in [-0.15, -0.1) is 0 Å². The van der Waals surface area contributed by atoms with Gasteiger partial charge in [0.1, 0.15) is 5.82 Å². The monoisotopic (exact) mass is 290 g/mol. The highest BCUT2D eigenvalue weighted by Gasteiger charge is 2.23. The summed E-state index contributed by atoms with van der Waals surface area (Å²) in [5, 5.41) is 13.0. The number of aliphatic hydroxyl groups is 1. The van der Waals surface area contributed by atoms with Crippen molar-refractivity contribution in [1.29, 1.82) is 0 Å². The van der Waals surface area contributed by atoms with Gasteiger partial charge in [-0.3, -0.25) is 4.57 Å². The van der Waals surface area contributed by atoms with Crippen LogP contribution in [0.3, 0.4) is 0 Å². The van der Waals surface area contributed by atoms with E-state index in [0.717, 1.165) is 27.8 Å². The molecule has 0 saturated heterocycles. The van der Waals surface area contributed by atoms with Crippen LogP contribution in [-0.2, 0) is 5.60 Å². The van der Waals surface area contributed by atoms with E-state index in [1.165, 1.54) is 5.39 Å². The largest absolute Gasteiger partial charge is 0.386 e. The van der Waals surface area contributed by atoms with Crippen LogP contribution >= 0.6 is 0 Å². The average molecular weight is 290 g/mol. The first-order valence-electron chi connectivity index (χ1n) is 7.46. The first-order valence-corrected chi connectivity index (χ1v) is 7.46. The van der Waals surface area contributed by atoms with Crippen LogP contribution in [0, 0.1) is 0 Å². The number of rotatable bonds is 2. The van der Waals surface area contributed by atoms with E-state index in [4.69, 9.17) is 0 Å². The second-order valence-corrected chi connectivity index (χ2v) is 6.17. The third-order valence-electron chi connectivity index (χ3n) is 4.18. The van der Waals surface area contributed by atoms with E-state index in [1.54, 1.807) is 0 Å². The van der Waals surface area contributed by atoms with E-state index >= 15 is 0 Å². The van der Waals surface area contributed by atoms with Gasteiger partial charge >= 0.3 is 0 Å². The molecule has 0 saturated carbocycles. The molecule has 4 aromatic rings. The number of fused-ring (bicyclic) bond motifs is 3. The first-order chi connectivity index (χ1) is 10.6. The van der Waals surface area contributed by atoms with Gasteiger partial charge in [-0.25, -0.2) is 0 Å². The Morgan fingerprint density at radius 3 is 2.41 bits per heavy atom. The molecule has 0 aliphatic carbocycles. The van der Waals surface area contributed by atoms with Crippen molar-refractivity contribution in [3.8, 4) is 5.82 Å². The summed E-state index contributed by atoms with van der Waals surface area (Å²) in [5.74, 6) is 1.00. The smallest absolute Gasteiger partial charge is 0.115 e. The second-order valence-electron chi connectivity index (χ2n) is 6.17. The van der Waals surface area contributed by atoms with Crippen molar-refractivity contribution in [2.75, 3.05) is 0 Å². The van der Waals surface area contributed by atoms with Crippen molar-refractivity contribution >= 4 is 21.8 Å². The maximum absolute atomic E-state index is 10.6. The predicted molar refractivity (Wildman–Crippen MR) is 90.4 cm³/mol. The van der Waals surface area contributed by atoms with Crippen molar-refractivity contribution in [2.45, 2.75) is 19.4 Å². The van der Waals surface area contributed by atoms with Crippen molar-refractivity contribution in [2.24, 2.45) is 0 Å². The van der Waals surface area contributed by atoms with Crippen LogP contribution in [-0.4, -0.2) is 14.7 Å². The summed E-state index contributed by atoms with van der Waals surface area (Å²) in [6, 6.07) is 18.5. The average Bonchev–Trinajstić information content (AvgIpc) is 3.10. The molecular weight excluding hydrogens is 272 g/mol. The lowest BCUT2D eigenvalue weighted by Crippen LogP contribution is -2.17. The fourth-order valence-corrected chi connectivity index (χ4v) is 3.22. The molecule has 3 heteroatoms. The quantitative estimate of drug-likeness (QED) is 0.566. The Kier molecular flexibility index (Phi) is 2.68. The van der Waals surface area contributed by atoms with E-state index in [0.29, 0.717) is 0 Å². The lowest BCUT2D eigenvalue weighted by molar-refractivity contribution is 0.0799. The van der Waals surface area contributed by atoms with Gasteiger partial charge < -0.3 is 10.1 Å². The molecule has 2 N–H and O–H groups in total. The molecule has 0 fully saturated rings. The van der Waals surface area contributed by atoms with Crippen LogP contribution in [0.15, 0.2) is 60.8 Å². The maximum atomic E-state index is 10.6. The molecule has 0 radical (unpaired) electrons. The van der Waals surface area contributed by atoms with Gasteiger partial charge in [0.15, 0.2) is 0 Å². The number of aromatic nitrogens is 2. The molecular formula is C19H18N2O. The first kappa shape index (κ1) is 13.2. The van der Waals surface area contributed by atoms with Gasteiger partial charge in [0, 0.05) is 22.5 Å². The molecule has 0 amide bonds. The minimum Gasteiger partial charge on any atom is -0.386 e. The summed E-state index contributed by atoms with van der Waals surface area (Å²) in [7, 11) is 0. The molecule has 110 valence electrons. The number of H-pyrrole nitrogens is 1. The molecule has 2 aromatic carbocycles. The lowest BCUT2D eigenvalue weighted by Gasteiger charge is -2.20. The standard InChI is InChI=1S/C19H18N2O/c1-19(2,22)15-9-5-8-14-13-7-3-4-10-16(13)21(18(14)15)17-11-6-12-20-17/h3-12,20,22H,1-2H3. The number of para-hydroxylation sites is 2. The zero-order valence-corrected chi connectivity index (χ0v) is 12.7. The summed E-state index contributed by atoms with van der Waals surface area (Å²) >= 11 is 0. The molecule has 0 aliphatic heterocycles. The van der Waals surface area contributed by atoms with Gasteiger partial charge in [0.25, 0.3) is 0 Å². The molecule has 0 unspecified atom stereocenters. The summed E-state index contributed by atoms with van der Waals surface area (Å²) < 4.78 is 2.19. The van der Waals surface area contributed by atoms with Gasteiger partial charge in [0.05, 0.1) is 16.6 Å². The van der Waals surface area contributed by atoms with Crippen molar-refractivity contribution in [3.05, 3.63) is 66.4 Å². The van der Waals surface area contributed by atoms with Crippen LogP contribution in [0.5, 0.6) is 0 Å². The zero-order chi connectivity index (χ0) is 15.3. The number of hydrogen-bond donors (Lipinski definition) is 2. The van der Waals surface area contributed by atoms with Crippen molar-refractivity contribution < 1.29 is 5.11 Å². The molecule has 3 nitrogen and oxygen atoms in total. The molecule has 0 bridgehead atoms. The summed E-state index contributed by atoms with van der Waals surface area (Å²) in [5.41, 5.74) is 2.21. The molecule has 0 atom stereocenters. The number of hydrogen-bond acceptors (Lipinski definition) is 1. The Bertz CT molecular complexity index is 956. The minimum atomic E-state index is -0.905. The normalized spacial score (nSPS) is 12.3. The Labute approximate surface area is 128 Å². The fourth-order valence-electron chi connectivity index (χ4n) is 3.22. The van der Waals surface area contributed by atoms with Crippen molar-refractivity contribution in [1.82, 2.24) is 9.55 Å². The molecule has 22 heavy (non-hydrogen) atoms. The molecule has 0 aliphatic rings. The minimum absolute atomic E-state index is 0.905. The molecule has 4 rings (SSSR count). The Morgan fingerprint density at radius 1 is 0.909 bits per heavy atom. The highest BCUT2D eigenvalue weighted by molar-refractivity contribution is 6.10. The topological polar surface area (TPSA) is 41.0 Å². The van der Waals surface area contributed by atoms with E-state index in [9.17, 15) is 5.11 Å². The number of nitrogens with zero attached hydrogens (tertiary/aromatic N) is 1. The van der Waals surface area contributed by atoms with Crippen LogP contribution in [0.1, 0.15) is 19.4 Å². The Morgan fingerprint density at radius 2 is 1.68 bits per heavy atom. The third-order valence-corrected chi connectivity index (χ3v) is 4.18. The van der Waals surface area contributed by atoms with Gasteiger partial charge in [-0.1, -0.05) is 36.4 Å². The van der Waals surface area contributed by atoms with Crippen LogP contribution in [0.25, 0.3) is 27.6 Å². The van der Waals surface area contributed by atoms with E-state index in [2.05, 4.69) is 33.8 Å². The van der Waals surface area contributed by atoms with Gasteiger partial charge in [0.2, 0.25) is 0 Å². The van der Waals surface area contributed by atoms with E-state index in [-0.39, 0.29) is 0 Å². The second kappa shape index (κ2) is 4.49.